The molecular formula is C36H23N3S. The highest BCUT2D eigenvalue weighted by molar-refractivity contribution is 7.25. The van der Waals surface area contributed by atoms with Gasteiger partial charge >= 0.3 is 0 Å². The highest BCUT2D eigenvalue weighted by atomic mass is 32.1. The molecule has 0 spiro atoms. The summed E-state index contributed by atoms with van der Waals surface area (Å²) in [5.74, 6) is 0. The minimum Gasteiger partial charge on any atom is -0.228 e. The van der Waals surface area contributed by atoms with Crippen molar-refractivity contribution in [1.29, 1.82) is 0 Å². The van der Waals surface area contributed by atoms with Gasteiger partial charge in [-0.05, 0) is 47.0 Å². The van der Waals surface area contributed by atoms with Crippen LogP contribution in [-0.4, -0.2) is 14.6 Å². The molecule has 0 unspecified atom stereocenters. The van der Waals surface area contributed by atoms with Gasteiger partial charge in [0.2, 0.25) is 0 Å². The molecule has 0 radical (unpaired) electrons. The summed E-state index contributed by atoms with van der Waals surface area (Å²) in [4.78, 5) is 5.14. The van der Waals surface area contributed by atoms with Crippen molar-refractivity contribution in [1.82, 2.24) is 14.6 Å². The Bertz CT molecular complexity index is 2160. The van der Waals surface area contributed by atoms with E-state index in [1.165, 1.54) is 31.3 Å². The van der Waals surface area contributed by atoms with Gasteiger partial charge in [0.25, 0.3) is 0 Å². The van der Waals surface area contributed by atoms with E-state index in [9.17, 15) is 0 Å². The predicted molar refractivity (Wildman–Crippen MR) is 168 cm³/mol. The zero-order chi connectivity index (χ0) is 26.5. The van der Waals surface area contributed by atoms with Gasteiger partial charge in [0, 0.05) is 36.9 Å². The van der Waals surface area contributed by atoms with Gasteiger partial charge in [-0.1, -0.05) is 103 Å². The molecule has 0 aliphatic carbocycles. The maximum absolute atomic E-state index is 5.14. The van der Waals surface area contributed by atoms with Crippen LogP contribution in [-0.2, 0) is 0 Å². The molecule has 0 aliphatic heterocycles. The monoisotopic (exact) mass is 529 g/mol. The van der Waals surface area contributed by atoms with E-state index in [0.717, 1.165) is 39.3 Å². The van der Waals surface area contributed by atoms with Gasteiger partial charge in [-0.3, -0.25) is 0 Å². The van der Waals surface area contributed by atoms with Crippen LogP contribution < -0.4 is 0 Å². The summed E-state index contributed by atoms with van der Waals surface area (Å²) < 4.78 is 4.60. The number of aromatic nitrogens is 3. The SMILES string of the molecule is c1ccc(-c2cc(-c3ccccc3)n3ncc(-c4cccc(-c5ccc6sc7ccccc7c6c5)c4)c3n2)cc1. The topological polar surface area (TPSA) is 30.2 Å². The van der Waals surface area contributed by atoms with Crippen molar-refractivity contribution < 1.29 is 0 Å². The molecule has 3 aromatic heterocycles. The Hall–Kier alpha value is -5.06. The first-order valence-electron chi connectivity index (χ1n) is 13.3. The summed E-state index contributed by atoms with van der Waals surface area (Å²) in [6, 6.07) is 47.0. The largest absolute Gasteiger partial charge is 0.228 e. The summed E-state index contributed by atoms with van der Waals surface area (Å²) in [6.07, 6.45) is 1.94. The molecule has 0 atom stereocenters. The number of fused-ring (bicyclic) bond motifs is 4. The number of benzene rings is 5. The Morgan fingerprint density at radius 1 is 0.500 bits per heavy atom. The normalized spacial score (nSPS) is 11.5. The molecule has 0 fully saturated rings. The Morgan fingerprint density at radius 3 is 2.02 bits per heavy atom. The second-order valence-electron chi connectivity index (χ2n) is 9.94. The molecule has 3 heterocycles. The Morgan fingerprint density at radius 2 is 1.18 bits per heavy atom. The van der Waals surface area contributed by atoms with Crippen LogP contribution in [0.25, 0.3) is 70.6 Å². The van der Waals surface area contributed by atoms with Gasteiger partial charge in [0.05, 0.1) is 17.6 Å². The number of nitrogens with zero attached hydrogens (tertiary/aromatic N) is 3. The van der Waals surface area contributed by atoms with Crippen LogP contribution in [0, 0.1) is 0 Å². The molecule has 8 aromatic rings. The standard InChI is InChI=1S/C36H23N3S/c1-3-10-24(11-4-1)32-22-33(25-12-5-2-6-13-25)39-36(38-32)31(23-37-39)28-15-9-14-26(20-28)27-18-19-35-30(21-27)29-16-7-8-17-34(29)40-35/h1-23H. The van der Waals surface area contributed by atoms with Gasteiger partial charge in [-0.15, -0.1) is 11.3 Å². The lowest BCUT2D eigenvalue weighted by atomic mass is 9.99. The van der Waals surface area contributed by atoms with Crippen molar-refractivity contribution in [3.8, 4) is 44.8 Å². The molecule has 5 aromatic carbocycles. The fraction of sp³-hybridized carbons (Fsp3) is 0. The van der Waals surface area contributed by atoms with Crippen molar-refractivity contribution in [3.05, 3.63) is 140 Å². The van der Waals surface area contributed by atoms with E-state index in [1.807, 2.05) is 34.2 Å². The summed E-state index contributed by atoms with van der Waals surface area (Å²) in [6.45, 7) is 0. The first-order valence-corrected chi connectivity index (χ1v) is 14.2. The van der Waals surface area contributed by atoms with E-state index in [1.54, 1.807) is 0 Å². The van der Waals surface area contributed by atoms with E-state index >= 15 is 0 Å². The van der Waals surface area contributed by atoms with Crippen molar-refractivity contribution in [3.63, 3.8) is 0 Å². The molecule has 0 N–H and O–H groups in total. The van der Waals surface area contributed by atoms with Gasteiger partial charge in [-0.25, -0.2) is 9.50 Å². The van der Waals surface area contributed by atoms with E-state index in [-0.39, 0.29) is 0 Å². The van der Waals surface area contributed by atoms with E-state index in [2.05, 4.69) is 121 Å². The summed E-state index contributed by atoms with van der Waals surface area (Å²) >= 11 is 1.85. The maximum atomic E-state index is 5.14. The van der Waals surface area contributed by atoms with Crippen LogP contribution in [0.15, 0.2) is 140 Å². The van der Waals surface area contributed by atoms with Gasteiger partial charge < -0.3 is 0 Å². The average Bonchev–Trinajstić information content (AvgIpc) is 3.63. The third kappa shape index (κ3) is 3.81. The Labute approximate surface area is 235 Å². The highest BCUT2D eigenvalue weighted by Crippen LogP contribution is 2.37. The minimum absolute atomic E-state index is 0.844. The van der Waals surface area contributed by atoms with E-state index in [4.69, 9.17) is 10.1 Å². The quantitative estimate of drug-likeness (QED) is 0.227. The fourth-order valence-corrected chi connectivity index (χ4v) is 6.60. The van der Waals surface area contributed by atoms with Crippen LogP contribution in [0.2, 0.25) is 0 Å². The van der Waals surface area contributed by atoms with Crippen molar-refractivity contribution in [2.24, 2.45) is 0 Å². The van der Waals surface area contributed by atoms with E-state index < -0.39 is 0 Å². The molecule has 0 aliphatic rings. The lowest BCUT2D eigenvalue weighted by molar-refractivity contribution is 0.949. The first-order chi connectivity index (χ1) is 19.8. The van der Waals surface area contributed by atoms with Crippen LogP contribution in [0.4, 0.5) is 0 Å². The second kappa shape index (κ2) is 9.30. The Balaban J connectivity index is 1.30. The zero-order valence-electron chi connectivity index (χ0n) is 21.5. The molecule has 0 amide bonds. The maximum Gasteiger partial charge on any atom is 0.164 e. The molecule has 0 saturated carbocycles. The Kier molecular flexibility index (Phi) is 5.32. The van der Waals surface area contributed by atoms with Crippen LogP contribution in [0.5, 0.6) is 0 Å². The summed E-state index contributed by atoms with van der Waals surface area (Å²) in [5.41, 5.74) is 9.47. The van der Waals surface area contributed by atoms with Gasteiger partial charge in [0.1, 0.15) is 0 Å². The molecule has 0 bridgehead atoms. The third-order valence-corrected chi connectivity index (χ3v) is 8.65. The van der Waals surface area contributed by atoms with Crippen LogP contribution in [0.1, 0.15) is 0 Å². The van der Waals surface area contributed by atoms with Gasteiger partial charge in [-0.2, -0.15) is 5.10 Å². The molecule has 0 saturated heterocycles. The average molecular weight is 530 g/mol. The predicted octanol–water partition coefficient (Wildman–Crippen LogP) is 9.77. The summed E-state index contributed by atoms with van der Waals surface area (Å²) in [5, 5.41) is 7.45. The smallest absolute Gasteiger partial charge is 0.164 e. The zero-order valence-corrected chi connectivity index (χ0v) is 22.3. The highest BCUT2D eigenvalue weighted by Gasteiger charge is 2.16. The van der Waals surface area contributed by atoms with Crippen molar-refractivity contribution >= 4 is 37.2 Å². The molecule has 8 rings (SSSR count). The summed E-state index contributed by atoms with van der Waals surface area (Å²) in [7, 11) is 0. The number of thiophene rings is 1. The lowest BCUT2D eigenvalue weighted by Crippen LogP contribution is -1.98. The van der Waals surface area contributed by atoms with E-state index in [0.29, 0.717) is 0 Å². The third-order valence-electron chi connectivity index (χ3n) is 7.49. The van der Waals surface area contributed by atoms with Crippen LogP contribution >= 0.6 is 11.3 Å². The number of hydrogen-bond donors (Lipinski definition) is 0. The van der Waals surface area contributed by atoms with Crippen molar-refractivity contribution in [2.75, 3.05) is 0 Å². The molecule has 188 valence electrons. The second-order valence-corrected chi connectivity index (χ2v) is 11.0. The van der Waals surface area contributed by atoms with Crippen molar-refractivity contribution in [2.45, 2.75) is 0 Å². The molecule has 3 nitrogen and oxygen atoms in total. The van der Waals surface area contributed by atoms with Crippen LogP contribution in [0.3, 0.4) is 0 Å². The lowest BCUT2D eigenvalue weighted by Gasteiger charge is -2.10. The molecule has 40 heavy (non-hydrogen) atoms. The number of hydrogen-bond acceptors (Lipinski definition) is 3. The van der Waals surface area contributed by atoms with Gasteiger partial charge in [0.15, 0.2) is 5.65 Å². The fourth-order valence-electron chi connectivity index (χ4n) is 5.51. The molecular weight excluding hydrogens is 506 g/mol. The first kappa shape index (κ1) is 22.9. The minimum atomic E-state index is 0.844. The molecule has 4 heteroatoms. The number of rotatable bonds is 4.